The Morgan fingerprint density at radius 3 is 0.676 bits per heavy atom. The molecule has 1 aromatic carbocycles. The summed E-state index contributed by atoms with van der Waals surface area (Å²) >= 11 is 0. The van der Waals surface area contributed by atoms with Gasteiger partial charge in [-0.15, -0.1) is 0 Å². The van der Waals surface area contributed by atoms with E-state index in [1.165, 1.54) is 10.4 Å². The van der Waals surface area contributed by atoms with Gasteiger partial charge in [0.1, 0.15) is 0 Å². The highest BCUT2D eigenvalue weighted by atomic mass is 28.4. The maximum absolute atomic E-state index is 7.20. The van der Waals surface area contributed by atoms with Crippen LogP contribution in [-0.4, -0.2) is 27.8 Å². The third kappa shape index (κ3) is 6.10. The van der Waals surface area contributed by atoms with Gasteiger partial charge < -0.3 is 8.85 Å². The Hall–Kier alpha value is -0.426. The van der Waals surface area contributed by atoms with Crippen molar-refractivity contribution in [3.05, 3.63) is 24.3 Å². The molecule has 0 bridgehead atoms. The third-order valence-corrected chi connectivity index (χ3v) is 19.4. The van der Waals surface area contributed by atoms with Crippen LogP contribution in [0.2, 0.25) is 20.2 Å². The fourth-order valence-corrected chi connectivity index (χ4v) is 19.1. The van der Waals surface area contributed by atoms with Gasteiger partial charge in [-0.1, -0.05) is 107 Å². The molecule has 0 unspecified atom stereocenters. The summed E-state index contributed by atoms with van der Waals surface area (Å²) < 4.78 is 14.4. The van der Waals surface area contributed by atoms with Crippen LogP contribution < -0.4 is 10.4 Å². The normalized spacial score (nSPS) is 15.6. The molecule has 0 saturated heterocycles. The first-order chi connectivity index (χ1) is 14.6. The van der Waals surface area contributed by atoms with E-state index in [1.54, 1.807) is 0 Å². The summed E-state index contributed by atoms with van der Waals surface area (Å²) in [4.78, 5) is 0. The highest BCUT2D eigenvalue weighted by molar-refractivity contribution is 6.93. The molecule has 0 amide bonds. The highest BCUT2D eigenvalue weighted by Gasteiger charge is 2.60. The predicted molar refractivity (Wildman–Crippen MR) is 158 cm³/mol. The van der Waals surface area contributed by atoms with Gasteiger partial charge in [-0.05, 0) is 72.1 Å². The van der Waals surface area contributed by atoms with Crippen LogP contribution in [0.4, 0.5) is 0 Å². The first kappa shape index (κ1) is 31.6. The average molecular weight is 507 g/mol. The molecular weight excluding hydrogens is 449 g/mol. The van der Waals surface area contributed by atoms with Gasteiger partial charge in [-0.2, -0.15) is 0 Å². The number of hydrogen-bond acceptors (Lipinski definition) is 2. The predicted octanol–water partition coefficient (Wildman–Crippen LogP) is 8.82. The van der Waals surface area contributed by atoms with E-state index < -0.39 is 16.6 Å². The van der Waals surface area contributed by atoms with Crippen LogP contribution in [-0.2, 0) is 8.85 Å². The molecule has 0 atom stereocenters. The quantitative estimate of drug-likeness (QED) is 0.380. The zero-order valence-electron chi connectivity index (χ0n) is 26.1. The van der Waals surface area contributed by atoms with Gasteiger partial charge in [-0.25, -0.2) is 0 Å². The summed E-state index contributed by atoms with van der Waals surface area (Å²) in [6.07, 6.45) is 0. The molecule has 198 valence electrons. The first-order valence-electron chi connectivity index (χ1n) is 13.1. The van der Waals surface area contributed by atoms with Crippen molar-refractivity contribution in [3.63, 3.8) is 0 Å². The molecule has 34 heavy (non-hydrogen) atoms. The average Bonchev–Trinajstić information content (AvgIpc) is 2.51. The SMILES string of the molecule is CC(C)(C)O[Si](c1ccc([Si](OC(C)(C)C)(C(C)(C)C)C(C)(C)C)cc1)(C(C)(C)C)C(C)(C)C. The van der Waals surface area contributed by atoms with Crippen molar-refractivity contribution >= 4 is 27.0 Å². The molecule has 0 aliphatic rings. The van der Waals surface area contributed by atoms with E-state index in [9.17, 15) is 0 Å². The molecule has 0 spiro atoms. The van der Waals surface area contributed by atoms with E-state index in [2.05, 4.69) is 149 Å². The lowest BCUT2D eigenvalue weighted by Gasteiger charge is -2.55. The monoisotopic (exact) mass is 506 g/mol. The van der Waals surface area contributed by atoms with Gasteiger partial charge in [0.25, 0.3) is 0 Å². The largest absolute Gasteiger partial charge is 0.407 e. The van der Waals surface area contributed by atoms with Crippen LogP contribution >= 0.6 is 0 Å². The van der Waals surface area contributed by atoms with Gasteiger partial charge in [0.15, 0.2) is 0 Å². The molecule has 1 aromatic rings. The molecule has 2 nitrogen and oxygen atoms in total. The van der Waals surface area contributed by atoms with E-state index in [0.717, 1.165) is 0 Å². The van der Waals surface area contributed by atoms with E-state index in [1.807, 2.05) is 0 Å². The summed E-state index contributed by atoms with van der Waals surface area (Å²) in [6.45, 7) is 41.7. The second-order valence-electron chi connectivity index (χ2n) is 16.4. The fraction of sp³-hybridized carbons (Fsp3) is 0.800. The Labute approximate surface area is 215 Å². The van der Waals surface area contributed by atoms with E-state index in [4.69, 9.17) is 8.85 Å². The Balaban J connectivity index is 3.99. The molecule has 0 fully saturated rings. The standard InChI is InChI=1S/C30H58O2Si2/c1-25(2,3)31-33(27(7,8)9,28(10,11)12)23-19-21-24(22-20-23)34(29(13,14)15,30(16,17)18)32-26(4,5)6/h19-22H,1-18H3. The van der Waals surface area contributed by atoms with Gasteiger partial charge in [0.2, 0.25) is 16.6 Å². The maximum Gasteiger partial charge on any atom is 0.235 e. The van der Waals surface area contributed by atoms with Crippen LogP contribution in [0.25, 0.3) is 0 Å². The van der Waals surface area contributed by atoms with E-state index >= 15 is 0 Å². The zero-order chi connectivity index (χ0) is 27.4. The van der Waals surface area contributed by atoms with Crippen molar-refractivity contribution in [1.82, 2.24) is 0 Å². The first-order valence-corrected chi connectivity index (χ1v) is 17.0. The Morgan fingerprint density at radius 2 is 0.559 bits per heavy atom. The van der Waals surface area contributed by atoms with Crippen LogP contribution in [0, 0.1) is 0 Å². The Bertz CT molecular complexity index is 713. The zero-order valence-corrected chi connectivity index (χ0v) is 28.1. The molecule has 1 rings (SSSR count). The maximum atomic E-state index is 7.20. The molecule has 0 N–H and O–H groups in total. The Morgan fingerprint density at radius 1 is 0.382 bits per heavy atom. The molecule has 4 heteroatoms. The Kier molecular flexibility index (Phi) is 8.50. The lowest BCUT2D eigenvalue weighted by atomic mass is 10.2. The van der Waals surface area contributed by atoms with Crippen LogP contribution in [0.1, 0.15) is 125 Å². The lowest BCUT2D eigenvalue weighted by molar-refractivity contribution is 0.103. The molecule has 0 heterocycles. The minimum atomic E-state index is -2.46. The third-order valence-electron chi connectivity index (χ3n) is 6.84. The highest BCUT2D eigenvalue weighted by Crippen LogP contribution is 2.54. The molecule has 0 aromatic heterocycles. The summed E-state index contributed by atoms with van der Waals surface area (Å²) in [5.74, 6) is 0. The van der Waals surface area contributed by atoms with Gasteiger partial charge in [0, 0.05) is 11.2 Å². The van der Waals surface area contributed by atoms with Crippen molar-refractivity contribution in [3.8, 4) is 0 Å². The van der Waals surface area contributed by atoms with E-state index in [-0.39, 0.29) is 31.4 Å². The fourth-order valence-electron chi connectivity index (χ4n) is 6.57. The van der Waals surface area contributed by atoms with Crippen molar-refractivity contribution < 1.29 is 8.85 Å². The minimum Gasteiger partial charge on any atom is -0.407 e. The van der Waals surface area contributed by atoms with Crippen molar-refractivity contribution in [2.45, 2.75) is 156 Å². The second-order valence-corrected chi connectivity index (χ2v) is 26.7. The number of benzene rings is 1. The number of rotatable bonds is 4. The van der Waals surface area contributed by atoms with Crippen LogP contribution in [0.3, 0.4) is 0 Å². The van der Waals surface area contributed by atoms with Gasteiger partial charge >= 0.3 is 0 Å². The summed E-state index contributed by atoms with van der Waals surface area (Å²) in [6, 6.07) is 9.59. The molecule has 0 radical (unpaired) electrons. The summed E-state index contributed by atoms with van der Waals surface area (Å²) in [7, 11) is -4.91. The number of hydrogen-bond donors (Lipinski definition) is 0. The van der Waals surface area contributed by atoms with Gasteiger partial charge in [0.05, 0.1) is 0 Å². The molecule has 0 saturated carbocycles. The second kappa shape index (κ2) is 9.15. The van der Waals surface area contributed by atoms with Crippen molar-refractivity contribution in [2.24, 2.45) is 0 Å². The topological polar surface area (TPSA) is 18.5 Å². The summed E-state index contributed by atoms with van der Waals surface area (Å²) in [5, 5.41) is 2.89. The van der Waals surface area contributed by atoms with Crippen molar-refractivity contribution in [2.75, 3.05) is 0 Å². The lowest BCUT2D eigenvalue weighted by Crippen LogP contribution is -2.68. The van der Waals surface area contributed by atoms with Crippen LogP contribution in [0.5, 0.6) is 0 Å². The van der Waals surface area contributed by atoms with Crippen LogP contribution in [0.15, 0.2) is 24.3 Å². The summed E-state index contributed by atoms with van der Waals surface area (Å²) in [5.41, 5.74) is -0.424. The van der Waals surface area contributed by atoms with E-state index in [0.29, 0.717) is 0 Å². The van der Waals surface area contributed by atoms with Gasteiger partial charge in [-0.3, -0.25) is 0 Å². The minimum absolute atomic E-state index is 0.0323. The molecular formula is C30H58O2Si2. The van der Waals surface area contributed by atoms with Crippen molar-refractivity contribution in [1.29, 1.82) is 0 Å². The smallest absolute Gasteiger partial charge is 0.235 e. The molecule has 0 aliphatic heterocycles. The molecule has 0 aliphatic carbocycles.